The van der Waals surface area contributed by atoms with Crippen LogP contribution >= 0.6 is 11.6 Å². The molecule has 5 aromatic rings. The molecule has 214 valence electrons. The number of para-hydroxylation sites is 1. The van der Waals surface area contributed by atoms with Crippen molar-refractivity contribution in [3.63, 3.8) is 0 Å². The summed E-state index contributed by atoms with van der Waals surface area (Å²) in [6.45, 7) is 3.81. The monoisotopic (exact) mass is 598 g/mol. The van der Waals surface area contributed by atoms with E-state index in [0.717, 1.165) is 16.0 Å². The topological polar surface area (TPSA) is 91.8 Å². The van der Waals surface area contributed by atoms with Crippen molar-refractivity contribution in [3.8, 4) is 0 Å². The van der Waals surface area contributed by atoms with Crippen molar-refractivity contribution in [2.24, 2.45) is 0 Å². The van der Waals surface area contributed by atoms with Crippen molar-refractivity contribution in [1.29, 1.82) is 0 Å². The molecule has 0 unspecified atom stereocenters. The number of carbonyl (C=O) groups excluding carboxylic acids is 5. The standard InChI is InChI=1S/C36H23ClN2O5/c1-3-20-11-7-8-19(2)31(20)39-35(43)25-15-13-23-29-24(14-16-26(30(25)29)36(39)44)34(42)38(33(23)41)28-17-12-22(37)18-27(28)32(40)21-9-5-4-6-10-21/h4-18H,3H2,1-2H3. The Hall–Kier alpha value is -5.40. The molecule has 0 aromatic heterocycles. The minimum atomic E-state index is -0.676. The van der Waals surface area contributed by atoms with Crippen LogP contribution in [0.25, 0.3) is 10.8 Å². The van der Waals surface area contributed by atoms with Crippen molar-refractivity contribution in [2.45, 2.75) is 20.3 Å². The highest BCUT2D eigenvalue weighted by molar-refractivity contribution is 6.43. The lowest BCUT2D eigenvalue weighted by Crippen LogP contribution is -2.44. The van der Waals surface area contributed by atoms with E-state index in [-0.39, 0.29) is 49.3 Å². The fourth-order valence-electron chi connectivity index (χ4n) is 6.25. The SMILES string of the molecule is CCc1cccc(C)c1N1C(=O)c2ccc3c4c(ccc(c24)C1=O)C(=O)N(c1ccc(Cl)cc1C(=O)c1ccccc1)C3=O. The third kappa shape index (κ3) is 3.86. The van der Waals surface area contributed by atoms with Crippen LogP contribution in [0.2, 0.25) is 5.02 Å². The van der Waals surface area contributed by atoms with E-state index in [4.69, 9.17) is 11.6 Å². The molecule has 0 radical (unpaired) electrons. The molecule has 8 heteroatoms. The first-order valence-electron chi connectivity index (χ1n) is 14.1. The molecule has 0 atom stereocenters. The fraction of sp³-hybridized carbons (Fsp3) is 0.0833. The Balaban J connectivity index is 1.39. The van der Waals surface area contributed by atoms with Crippen LogP contribution in [0.15, 0.2) is 91.0 Å². The van der Waals surface area contributed by atoms with Gasteiger partial charge in [0.1, 0.15) is 0 Å². The number of hydrogen-bond acceptors (Lipinski definition) is 5. The van der Waals surface area contributed by atoms with Crippen molar-refractivity contribution in [2.75, 3.05) is 9.80 Å². The number of imide groups is 2. The van der Waals surface area contributed by atoms with Gasteiger partial charge in [0.2, 0.25) is 0 Å². The third-order valence-corrected chi connectivity index (χ3v) is 8.54. The second kappa shape index (κ2) is 10.1. The van der Waals surface area contributed by atoms with Gasteiger partial charge in [0.05, 0.1) is 11.4 Å². The van der Waals surface area contributed by atoms with Crippen molar-refractivity contribution in [1.82, 2.24) is 0 Å². The smallest absolute Gasteiger partial charge is 0.266 e. The largest absolute Gasteiger partial charge is 0.289 e. The van der Waals surface area contributed by atoms with Crippen LogP contribution in [-0.2, 0) is 6.42 Å². The molecule has 0 fully saturated rings. The van der Waals surface area contributed by atoms with Crippen molar-refractivity contribution < 1.29 is 24.0 Å². The molecule has 0 aliphatic carbocycles. The van der Waals surface area contributed by atoms with Gasteiger partial charge in [-0.2, -0.15) is 0 Å². The molecule has 0 saturated heterocycles. The molecule has 5 aromatic carbocycles. The molecule has 2 heterocycles. The number of rotatable bonds is 5. The molecule has 0 N–H and O–H groups in total. The van der Waals surface area contributed by atoms with E-state index in [9.17, 15) is 24.0 Å². The van der Waals surface area contributed by atoms with E-state index in [1.165, 1.54) is 47.4 Å². The van der Waals surface area contributed by atoms with E-state index >= 15 is 0 Å². The molecule has 0 spiro atoms. The van der Waals surface area contributed by atoms with Crippen LogP contribution in [-0.4, -0.2) is 29.4 Å². The van der Waals surface area contributed by atoms with Crippen molar-refractivity contribution >= 4 is 63.2 Å². The maximum Gasteiger partial charge on any atom is 0.266 e. The summed E-state index contributed by atoms with van der Waals surface area (Å²) in [7, 11) is 0. The summed E-state index contributed by atoms with van der Waals surface area (Å²) in [5.41, 5.74) is 3.47. The van der Waals surface area contributed by atoms with Crippen LogP contribution in [0.3, 0.4) is 0 Å². The summed E-state index contributed by atoms with van der Waals surface area (Å²) in [6, 6.07) is 24.6. The predicted octanol–water partition coefficient (Wildman–Crippen LogP) is 7.20. The van der Waals surface area contributed by atoms with E-state index in [1.807, 2.05) is 32.0 Å². The minimum Gasteiger partial charge on any atom is -0.289 e. The van der Waals surface area contributed by atoms with Gasteiger partial charge in [0.25, 0.3) is 23.6 Å². The number of anilines is 2. The van der Waals surface area contributed by atoms with E-state index in [0.29, 0.717) is 17.7 Å². The van der Waals surface area contributed by atoms with Gasteiger partial charge >= 0.3 is 0 Å². The number of ketones is 1. The zero-order valence-corrected chi connectivity index (χ0v) is 24.4. The van der Waals surface area contributed by atoms with E-state index in [2.05, 4.69) is 0 Å². The Bertz CT molecular complexity index is 2070. The van der Waals surface area contributed by atoms with Crippen molar-refractivity contribution in [3.05, 3.63) is 141 Å². The van der Waals surface area contributed by atoms with Gasteiger partial charge in [-0.15, -0.1) is 0 Å². The quantitative estimate of drug-likeness (QED) is 0.158. The van der Waals surface area contributed by atoms with Gasteiger partial charge in [-0.1, -0.05) is 67.1 Å². The van der Waals surface area contributed by atoms with Gasteiger partial charge in [0, 0.05) is 49.2 Å². The fourth-order valence-corrected chi connectivity index (χ4v) is 6.42. The van der Waals surface area contributed by atoms with Gasteiger partial charge in [-0.3, -0.25) is 24.0 Å². The normalized spacial score (nSPS) is 14.1. The number of nitrogens with zero attached hydrogens (tertiary/aromatic N) is 2. The number of halogens is 1. The average Bonchev–Trinajstić information content (AvgIpc) is 3.04. The third-order valence-electron chi connectivity index (χ3n) is 8.30. The second-order valence-electron chi connectivity index (χ2n) is 10.8. The van der Waals surface area contributed by atoms with Crippen LogP contribution < -0.4 is 9.80 Å². The Morgan fingerprint density at radius 2 is 1.20 bits per heavy atom. The molecule has 2 aliphatic rings. The number of hydrogen-bond donors (Lipinski definition) is 0. The maximum absolute atomic E-state index is 14.1. The molecule has 44 heavy (non-hydrogen) atoms. The van der Waals surface area contributed by atoms with Crippen LogP contribution in [0.5, 0.6) is 0 Å². The van der Waals surface area contributed by atoms with Gasteiger partial charge in [-0.05, 0) is 66.9 Å². The van der Waals surface area contributed by atoms with Crippen LogP contribution in [0.4, 0.5) is 11.4 Å². The number of benzene rings is 5. The molecular formula is C36H23ClN2O5. The highest BCUT2D eigenvalue weighted by Gasteiger charge is 2.42. The summed E-state index contributed by atoms with van der Waals surface area (Å²) in [4.78, 5) is 71.8. The predicted molar refractivity (Wildman–Crippen MR) is 168 cm³/mol. The Labute approximate surface area is 257 Å². The van der Waals surface area contributed by atoms with E-state index in [1.54, 1.807) is 30.3 Å². The minimum absolute atomic E-state index is 0.0854. The molecule has 7 rings (SSSR count). The Kier molecular flexibility index (Phi) is 6.30. The van der Waals surface area contributed by atoms with Crippen LogP contribution in [0.1, 0.15) is 75.4 Å². The zero-order valence-electron chi connectivity index (χ0n) is 23.7. The molecule has 4 amide bonds. The number of aryl methyl sites for hydroxylation is 2. The highest BCUT2D eigenvalue weighted by atomic mass is 35.5. The first-order valence-corrected chi connectivity index (χ1v) is 14.5. The molecule has 7 nitrogen and oxygen atoms in total. The van der Waals surface area contributed by atoms with Gasteiger partial charge < -0.3 is 0 Å². The van der Waals surface area contributed by atoms with Crippen LogP contribution in [0, 0.1) is 6.92 Å². The van der Waals surface area contributed by atoms with Gasteiger partial charge in [-0.25, -0.2) is 9.80 Å². The first-order chi connectivity index (χ1) is 21.2. The maximum atomic E-state index is 14.1. The average molecular weight is 599 g/mol. The lowest BCUT2D eigenvalue weighted by molar-refractivity contribution is 0.0872. The summed E-state index contributed by atoms with van der Waals surface area (Å²) in [5, 5.41) is 0.791. The molecule has 0 bridgehead atoms. The Morgan fingerprint density at radius 3 is 1.75 bits per heavy atom. The first kappa shape index (κ1) is 27.4. The molecular weight excluding hydrogens is 576 g/mol. The number of carbonyl (C=O) groups is 5. The molecule has 2 aliphatic heterocycles. The lowest BCUT2D eigenvalue weighted by atomic mass is 9.85. The summed E-state index contributed by atoms with van der Waals surface area (Å²) in [6.07, 6.45) is 0.618. The molecule has 0 saturated carbocycles. The second-order valence-corrected chi connectivity index (χ2v) is 11.2. The lowest BCUT2D eigenvalue weighted by Gasteiger charge is -2.33. The number of amides is 4. The van der Waals surface area contributed by atoms with Gasteiger partial charge in [0.15, 0.2) is 5.78 Å². The summed E-state index contributed by atoms with van der Waals surface area (Å²) >= 11 is 6.27. The zero-order chi connectivity index (χ0) is 30.9. The summed E-state index contributed by atoms with van der Waals surface area (Å²) < 4.78 is 0. The summed E-state index contributed by atoms with van der Waals surface area (Å²) in [5.74, 6) is -2.80. The van der Waals surface area contributed by atoms with E-state index < -0.39 is 29.4 Å². The Morgan fingerprint density at radius 1 is 0.659 bits per heavy atom. The highest BCUT2D eigenvalue weighted by Crippen LogP contribution is 2.42.